The number of hydrogen-bond acceptors (Lipinski definition) is 3. The Labute approximate surface area is 107 Å². The van der Waals surface area contributed by atoms with Gasteiger partial charge in [0.05, 0.1) is 6.54 Å². The third-order valence-corrected chi connectivity index (χ3v) is 2.40. The van der Waals surface area contributed by atoms with Crippen LogP contribution in [-0.2, 0) is 4.79 Å². The fourth-order valence-electron chi connectivity index (χ4n) is 1.66. The fraction of sp³-hybridized carbons (Fsp3) is 0.385. The molecule has 18 heavy (non-hydrogen) atoms. The van der Waals surface area contributed by atoms with Gasteiger partial charge in [-0.3, -0.25) is 9.59 Å². The van der Waals surface area contributed by atoms with E-state index in [-0.39, 0.29) is 18.4 Å². The van der Waals surface area contributed by atoms with Gasteiger partial charge < -0.3 is 16.4 Å². The van der Waals surface area contributed by atoms with Crippen molar-refractivity contribution in [3.8, 4) is 0 Å². The van der Waals surface area contributed by atoms with E-state index in [1.807, 2.05) is 32.0 Å². The van der Waals surface area contributed by atoms with E-state index in [1.54, 1.807) is 0 Å². The molecule has 0 radical (unpaired) electrons. The van der Waals surface area contributed by atoms with Gasteiger partial charge in [0.25, 0.3) is 5.91 Å². The summed E-state index contributed by atoms with van der Waals surface area (Å²) in [6.45, 7) is 4.63. The molecule has 0 aromatic heterocycles. The number of nitrogens with two attached hydrogens (primary N) is 1. The first-order valence-corrected chi connectivity index (χ1v) is 5.86. The zero-order valence-electron chi connectivity index (χ0n) is 10.7. The molecule has 98 valence electrons. The number of nitrogens with one attached hydrogen (secondary N) is 2. The van der Waals surface area contributed by atoms with Gasteiger partial charge in [0.2, 0.25) is 5.91 Å². The van der Waals surface area contributed by atoms with E-state index in [0.717, 1.165) is 11.1 Å². The SMILES string of the molecule is Cc1cc(C)cc(C(=O)NCCNC(=O)CN)c1. The predicted octanol–water partition coefficient (Wildman–Crippen LogP) is 0.108. The molecule has 0 atom stereocenters. The van der Waals surface area contributed by atoms with Gasteiger partial charge in [0.1, 0.15) is 0 Å². The standard InChI is InChI=1S/C13H19N3O2/c1-9-5-10(2)7-11(6-9)13(18)16-4-3-15-12(17)8-14/h5-7H,3-4,8,14H2,1-2H3,(H,15,17)(H,16,18). The monoisotopic (exact) mass is 249 g/mol. The van der Waals surface area contributed by atoms with Crippen LogP contribution >= 0.6 is 0 Å². The number of amides is 2. The molecular weight excluding hydrogens is 230 g/mol. The van der Waals surface area contributed by atoms with Crippen molar-refractivity contribution in [2.24, 2.45) is 5.73 Å². The Balaban J connectivity index is 2.43. The van der Waals surface area contributed by atoms with Crippen LogP contribution in [0.3, 0.4) is 0 Å². The largest absolute Gasteiger partial charge is 0.353 e. The number of hydrogen-bond donors (Lipinski definition) is 3. The van der Waals surface area contributed by atoms with E-state index in [2.05, 4.69) is 10.6 Å². The van der Waals surface area contributed by atoms with Crippen molar-refractivity contribution in [1.29, 1.82) is 0 Å². The molecular formula is C13H19N3O2. The molecule has 2 amide bonds. The molecule has 0 saturated heterocycles. The Morgan fingerprint density at radius 3 is 2.17 bits per heavy atom. The summed E-state index contributed by atoms with van der Waals surface area (Å²) in [5.74, 6) is -0.362. The van der Waals surface area contributed by atoms with Crippen LogP contribution in [-0.4, -0.2) is 31.4 Å². The molecule has 0 fully saturated rings. The smallest absolute Gasteiger partial charge is 0.251 e. The Kier molecular flexibility index (Phi) is 5.32. The molecule has 0 heterocycles. The average molecular weight is 249 g/mol. The van der Waals surface area contributed by atoms with Gasteiger partial charge in [0.15, 0.2) is 0 Å². The second kappa shape index (κ2) is 6.76. The van der Waals surface area contributed by atoms with Gasteiger partial charge in [-0.15, -0.1) is 0 Å². The van der Waals surface area contributed by atoms with Crippen molar-refractivity contribution in [1.82, 2.24) is 10.6 Å². The van der Waals surface area contributed by atoms with E-state index < -0.39 is 0 Å². The molecule has 0 bridgehead atoms. The van der Waals surface area contributed by atoms with E-state index in [9.17, 15) is 9.59 Å². The zero-order chi connectivity index (χ0) is 13.5. The lowest BCUT2D eigenvalue weighted by Gasteiger charge is -2.07. The van der Waals surface area contributed by atoms with E-state index in [1.165, 1.54) is 0 Å². The zero-order valence-corrected chi connectivity index (χ0v) is 10.7. The van der Waals surface area contributed by atoms with E-state index in [0.29, 0.717) is 18.7 Å². The Morgan fingerprint density at radius 1 is 1.06 bits per heavy atom. The van der Waals surface area contributed by atoms with Crippen molar-refractivity contribution in [3.63, 3.8) is 0 Å². The molecule has 5 heteroatoms. The van der Waals surface area contributed by atoms with Crippen LogP contribution in [0.1, 0.15) is 21.5 Å². The summed E-state index contributed by atoms with van der Waals surface area (Å²) < 4.78 is 0. The Morgan fingerprint density at radius 2 is 1.61 bits per heavy atom. The Hall–Kier alpha value is -1.88. The molecule has 0 aliphatic heterocycles. The maximum atomic E-state index is 11.8. The Bertz CT molecular complexity index is 424. The quantitative estimate of drug-likeness (QED) is 0.647. The molecule has 0 aliphatic carbocycles. The van der Waals surface area contributed by atoms with Gasteiger partial charge in [-0.1, -0.05) is 17.2 Å². The molecule has 1 aromatic carbocycles. The van der Waals surface area contributed by atoms with Crippen molar-refractivity contribution < 1.29 is 9.59 Å². The van der Waals surface area contributed by atoms with Crippen LogP contribution < -0.4 is 16.4 Å². The summed E-state index contributed by atoms with van der Waals surface area (Å²) in [6.07, 6.45) is 0. The summed E-state index contributed by atoms with van der Waals surface area (Å²) in [5, 5.41) is 5.32. The highest BCUT2D eigenvalue weighted by molar-refractivity contribution is 5.94. The van der Waals surface area contributed by atoms with E-state index >= 15 is 0 Å². The number of carbonyl (C=O) groups is 2. The third kappa shape index (κ3) is 4.55. The summed E-state index contributed by atoms with van der Waals surface area (Å²) in [4.78, 5) is 22.7. The number of rotatable bonds is 5. The van der Waals surface area contributed by atoms with Gasteiger partial charge in [-0.05, 0) is 26.0 Å². The first-order chi connectivity index (χ1) is 8.52. The van der Waals surface area contributed by atoms with Crippen LogP contribution in [0.25, 0.3) is 0 Å². The minimum atomic E-state index is -0.226. The van der Waals surface area contributed by atoms with Gasteiger partial charge in [0, 0.05) is 18.7 Å². The van der Waals surface area contributed by atoms with Crippen LogP contribution in [0.15, 0.2) is 18.2 Å². The summed E-state index contributed by atoms with van der Waals surface area (Å²) in [6, 6.07) is 5.68. The van der Waals surface area contributed by atoms with Gasteiger partial charge in [-0.2, -0.15) is 0 Å². The van der Waals surface area contributed by atoms with Crippen molar-refractivity contribution in [2.45, 2.75) is 13.8 Å². The highest BCUT2D eigenvalue weighted by Gasteiger charge is 2.06. The normalized spacial score (nSPS) is 9.94. The van der Waals surface area contributed by atoms with Crippen molar-refractivity contribution >= 4 is 11.8 Å². The molecule has 0 unspecified atom stereocenters. The third-order valence-electron chi connectivity index (χ3n) is 2.40. The van der Waals surface area contributed by atoms with Crippen LogP contribution in [0.5, 0.6) is 0 Å². The molecule has 4 N–H and O–H groups in total. The first-order valence-electron chi connectivity index (χ1n) is 5.86. The molecule has 1 rings (SSSR count). The lowest BCUT2D eigenvalue weighted by Crippen LogP contribution is -2.37. The topological polar surface area (TPSA) is 84.2 Å². The number of aryl methyl sites for hydroxylation is 2. The van der Waals surface area contributed by atoms with E-state index in [4.69, 9.17) is 5.73 Å². The van der Waals surface area contributed by atoms with Crippen molar-refractivity contribution in [3.05, 3.63) is 34.9 Å². The van der Waals surface area contributed by atoms with Gasteiger partial charge >= 0.3 is 0 Å². The maximum Gasteiger partial charge on any atom is 0.251 e. The van der Waals surface area contributed by atoms with Crippen molar-refractivity contribution in [2.75, 3.05) is 19.6 Å². The van der Waals surface area contributed by atoms with Gasteiger partial charge in [-0.25, -0.2) is 0 Å². The second-order valence-corrected chi connectivity index (χ2v) is 4.19. The van der Waals surface area contributed by atoms with Crippen LogP contribution in [0.4, 0.5) is 0 Å². The minimum Gasteiger partial charge on any atom is -0.353 e. The highest BCUT2D eigenvalue weighted by atomic mass is 16.2. The lowest BCUT2D eigenvalue weighted by molar-refractivity contribution is -0.119. The summed E-state index contributed by atoms with van der Waals surface area (Å²) >= 11 is 0. The average Bonchev–Trinajstić information content (AvgIpc) is 2.32. The summed E-state index contributed by atoms with van der Waals surface area (Å²) in [7, 11) is 0. The van der Waals surface area contributed by atoms with Crippen LogP contribution in [0.2, 0.25) is 0 Å². The predicted molar refractivity (Wildman–Crippen MR) is 70.3 cm³/mol. The second-order valence-electron chi connectivity index (χ2n) is 4.19. The molecule has 0 spiro atoms. The fourth-order valence-corrected chi connectivity index (χ4v) is 1.66. The van der Waals surface area contributed by atoms with Crippen LogP contribution in [0, 0.1) is 13.8 Å². The first kappa shape index (κ1) is 14.2. The minimum absolute atomic E-state index is 0.0367. The number of carbonyl (C=O) groups excluding carboxylic acids is 2. The highest BCUT2D eigenvalue weighted by Crippen LogP contribution is 2.08. The molecule has 0 saturated carbocycles. The molecule has 5 nitrogen and oxygen atoms in total. The lowest BCUT2D eigenvalue weighted by atomic mass is 10.1. The molecule has 1 aromatic rings. The summed E-state index contributed by atoms with van der Waals surface area (Å²) in [5.41, 5.74) is 7.88. The molecule has 0 aliphatic rings. The maximum absolute atomic E-state index is 11.8. The number of benzene rings is 1.